The predicted octanol–water partition coefficient (Wildman–Crippen LogP) is 3.64. The van der Waals surface area contributed by atoms with Gasteiger partial charge in [0.05, 0.1) is 5.69 Å². The minimum atomic E-state index is -0.306. The number of rotatable bonds is 6. The molecule has 0 atom stereocenters. The maximum Gasteiger partial charge on any atom is 0.332 e. The Labute approximate surface area is 175 Å². The molecule has 0 saturated heterocycles. The Balaban J connectivity index is 1.97. The van der Waals surface area contributed by atoms with Gasteiger partial charge < -0.3 is 0 Å². The van der Waals surface area contributed by atoms with Crippen LogP contribution in [0.1, 0.15) is 49.4 Å². The van der Waals surface area contributed by atoms with Crippen LogP contribution in [0, 0.1) is 20.8 Å². The van der Waals surface area contributed by atoms with Crippen molar-refractivity contribution >= 4 is 16.9 Å². The standard InChI is InChI=1S/C23H29N5O2/c1-6-7-8-9-12-26-21(29)19-20(25(5)23(26)30)24-22-27(19)14-17(4)28(22)18-13-15(2)10-11-16(18)3/h10-11,13-14H,6-9,12H2,1-5H3. The third kappa shape index (κ3) is 3.09. The fourth-order valence-electron chi connectivity index (χ4n) is 4.16. The molecule has 0 spiro atoms. The number of hydrogen-bond donors (Lipinski definition) is 0. The minimum Gasteiger partial charge on any atom is -0.283 e. The van der Waals surface area contributed by atoms with Crippen molar-refractivity contribution in [3.8, 4) is 5.69 Å². The Morgan fingerprint density at radius 2 is 1.80 bits per heavy atom. The van der Waals surface area contributed by atoms with Gasteiger partial charge in [-0.05, 0) is 44.4 Å². The topological polar surface area (TPSA) is 66.2 Å². The van der Waals surface area contributed by atoms with Gasteiger partial charge in [-0.2, -0.15) is 4.98 Å². The Morgan fingerprint density at radius 3 is 2.53 bits per heavy atom. The predicted molar refractivity (Wildman–Crippen MR) is 120 cm³/mol. The zero-order valence-electron chi connectivity index (χ0n) is 18.4. The fourth-order valence-corrected chi connectivity index (χ4v) is 4.16. The number of hydrogen-bond acceptors (Lipinski definition) is 3. The molecular weight excluding hydrogens is 378 g/mol. The summed E-state index contributed by atoms with van der Waals surface area (Å²) >= 11 is 0. The monoisotopic (exact) mass is 407 g/mol. The average Bonchev–Trinajstić information content (AvgIpc) is 3.22. The highest BCUT2D eigenvalue weighted by molar-refractivity contribution is 5.76. The fraction of sp³-hybridized carbons (Fsp3) is 0.435. The van der Waals surface area contributed by atoms with Gasteiger partial charge in [-0.25, -0.2) is 4.79 Å². The van der Waals surface area contributed by atoms with Crippen molar-refractivity contribution in [2.45, 2.75) is 59.9 Å². The molecule has 0 unspecified atom stereocenters. The van der Waals surface area contributed by atoms with E-state index in [1.54, 1.807) is 7.05 Å². The van der Waals surface area contributed by atoms with Gasteiger partial charge in [0.1, 0.15) is 0 Å². The molecule has 1 aromatic carbocycles. The summed E-state index contributed by atoms with van der Waals surface area (Å²) in [5, 5.41) is 0. The summed E-state index contributed by atoms with van der Waals surface area (Å²) in [6, 6.07) is 6.28. The van der Waals surface area contributed by atoms with Crippen LogP contribution in [0.2, 0.25) is 0 Å². The summed E-state index contributed by atoms with van der Waals surface area (Å²) in [7, 11) is 1.69. The molecule has 0 saturated carbocycles. The molecule has 3 heterocycles. The smallest absolute Gasteiger partial charge is 0.283 e. The van der Waals surface area contributed by atoms with Crippen LogP contribution in [0.5, 0.6) is 0 Å². The van der Waals surface area contributed by atoms with Gasteiger partial charge in [0, 0.05) is 25.5 Å². The first-order valence-electron chi connectivity index (χ1n) is 10.6. The zero-order valence-corrected chi connectivity index (χ0v) is 18.4. The maximum atomic E-state index is 13.3. The van der Waals surface area contributed by atoms with Gasteiger partial charge in [-0.15, -0.1) is 0 Å². The van der Waals surface area contributed by atoms with Crippen molar-refractivity contribution in [3.05, 3.63) is 62.1 Å². The lowest BCUT2D eigenvalue weighted by atomic mass is 10.1. The van der Waals surface area contributed by atoms with Gasteiger partial charge in [0.2, 0.25) is 5.78 Å². The van der Waals surface area contributed by atoms with Crippen molar-refractivity contribution in [1.29, 1.82) is 0 Å². The van der Waals surface area contributed by atoms with Crippen LogP contribution < -0.4 is 11.2 Å². The van der Waals surface area contributed by atoms with Gasteiger partial charge in [-0.3, -0.25) is 22.9 Å². The Morgan fingerprint density at radius 1 is 1.03 bits per heavy atom. The second-order valence-electron chi connectivity index (χ2n) is 8.21. The highest BCUT2D eigenvalue weighted by atomic mass is 16.2. The number of benzene rings is 1. The van der Waals surface area contributed by atoms with Crippen molar-refractivity contribution in [2.75, 3.05) is 0 Å². The lowest BCUT2D eigenvalue weighted by molar-refractivity contribution is 0.539. The number of imidazole rings is 2. The van der Waals surface area contributed by atoms with Crippen LogP contribution in [0.4, 0.5) is 0 Å². The summed E-state index contributed by atoms with van der Waals surface area (Å²) in [4.78, 5) is 30.9. The second kappa shape index (κ2) is 7.63. The SMILES string of the molecule is CCCCCCn1c(=O)c2c(nc3n(-c4cc(C)ccc4C)c(C)cn23)n(C)c1=O. The summed E-state index contributed by atoms with van der Waals surface area (Å²) in [6.07, 6.45) is 5.97. The van der Waals surface area contributed by atoms with Gasteiger partial charge in [-0.1, -0.05) is 38.3 Å². The van der Waals surface area contributed by atoms with Crippen molar-refractivity contribution < 1.29 is 0 Å². The molecule has 0 radical (unpaired) electrons. The molecule has 0 fully saturated rings. The van der Waals surface area contributed by atoms with Crippen LogP contribution in [0.25, 0.3) is 22.6 Å². The average molecular weight is 408 g/mol. The van der Waals surface area contributed by atoms with E-state index in [9.17, 15) is 9.59 Å². The second-order valence-corrected chi connectivity index (χ2v) is 8.21. The Kier molecular flexibility index (Phi) is 5.13. The van der Waals surface area contributed by atoms with E-state index >= 15 is 0 Å². The first kappa shape index (κ1) is 20.2. The number of fused-ring (bicyclic) bond motifs is 3. The molecule has 0 bridgehead atoms. The van der Waals surface area contributed by atoms with E-state index in [4.69, 9.17) is 4.98 Å². The van der Waals surface area contributed by atoms with Gasteiger partial charge in [0.25, 0.3) is 5.56 Å². The summed E-state index contributed by atoms with van der Waals surface area (Å²) in [5.41, 5.74) is 4.59. The quantitative estimate of drug-likeness (QED) is 0.458. The third-order valence-electron chi connectivity index (χ3n) is 5.87. The number of nitrogens with zero attached hydrogens (tertiary/aromatic N) is 5. The molecule has 0 N–H and O–H groups in total. The van der Waals surface area contributed by atoms with E-state index < -0.39 is 0 Å². The number of unbranched alkanes of at least 4 members (excludes halogenated alkanes) is 3. The minimum absolute atomic E-state index is 0.268. The normalized spacial score (nSPS) is 11.8. The van der Waals surface area contributed by atoms with E-state index in [0.29, 0.717) is 23.5 Å². The Bertz CT molecular complexity index is 1370. The zero-order chi connectivity index (χ0) is 21.6. The molecule has 7 nitrogen and oxygen atoms in total. The van der Waals surface area contributed by atoms with Crippen LogP contribution in [0.15, 0.2) is 34.0 Å². The summed E-state index contributed by atoms with van der Waals surface area (Å²) < 4.78 is 6.73. The van der Waals surface area contributed by atoms with E-state index in [-0.39, 0.29) is 11.2 Å². The lowest BCUT2D eigenvalue weighted by Crippen LogP contribution is -2.39. The first-order chi connectivity index (χ1) is 14.3. The molecular formula is C23H29N5O2. The van der Waals surface area contributed by atoms with E-state index in [0.717, 1.165) is 48.2 Å². The molecule has 0 amide bonds. The van der Waals surface area contributed by atoms with Crippen molar-refractivity contribution in [2.24, 2.45) is 7.05 Å². The molecule has 4 aromatic rings. The van der Waals surface area contributed by atoms with E-state index in [1.165, 1.54) is 9.13 Å². The third-order valence-corrected chi connectivity index (χ3v) is 5.87. The summed E-state index contributed by atoms with van der Waals surface area (Å²) in [5.74, 6) is 0.645. The molecule has 7 heteroatoms. The largest absolute Gasteiger partial charge is 0.332 e. The van der Waals surface area contributed by atoms with E-state index in [2.05, 4.69) is 43.5 Å². The molecule has 158 valence electrons. The molecule has 0 aliphatic carbocycles. The molecule has 30 heavy (non-hydrogen) atoms. The van der Waals surface area contributed by atoms with Gasteiger partial charge >= 0.3 is 5.69 Å². The number of aromatic nitrogens is 5. The van der Waals surface area contributed by atoms with Crippen LogP contribution in [-0.2, 0) is 13.6 Å². The number of aryl methyl sites for hydroxylation is 4. The Hall–Kier alpha value is -3.09. The van der Waals surface area contributed by atoms with Crippen molar-refractivity contribution in [1.82, 2.24) is 23.1 Å². The highest BCUT2D eigenvalue weighted by Crippen LogP contribution is 2.24. The van der Waals surface area contributed by atoms with Crippen LogP contribution in [-0.4, -0.2) is 23.1 Å². The summed E-state index contributed by atoms with van der Waals surface area (Å²) in [6.45, 7) is 8.70. The molecule has 0 aliphatic rings. The molecule has 4 rings (SSSR count). The maximum absolute atomic E-state index is 13.3. The highest BCUT2D eigenvalue weighted by Gasteiger charge is 2.21. The first-order valence-corrected chi connectivity index (χ1v) is 10.6. The van der Waals surface area contributed by atoms with E-state index in [1.807, 2.05) is 17.5 Å². The van der Waals surface area contributed by atoms with Crippen molar-refractivity contribution in [3.63, 3.8) is 0 Å². The lowest BCUT2D eigenvalue weighted by Gasteiger charge is -2.10. The van der Waals surface area contributed by atoms with Crippen LogP contribution in [0.3, 0.4) is 0 Å². The molecule has 3 aromatic heterocycles. The molecule has 0 aliphatic heterocycles. The van der Waals surface area contributed by atoms with Crippen LogP contribution >= 0.6 is 0 Å². The van der Waals surface area contributed by atoms with Gasteiger partial charge in [0.15, 0.2) is 11.2 Å².